The second kappa shape index (κ2) is 8.90. The molecule has 27 heavy (non-hydrogen) atoms. The number of carbonyl (C=O) groups excluding carboxylic acids is 1. The minimum absolute atomic E-state index is 0.337. The van der Waals surface area contributed by atoms with Crippen molar-refractivity contribution < 1.29 is 18.0 Å². The summed E-state index contributed by atoms with van der Waals surface area (Å²) in [7, 11) is 0. The Kier molecular flexibility index (Phi) is 6.61. The first-order valence-electron chi connectivity index (χ1n) is 8.27. The number of rotatable bonds is 6. The molecule has 0 saturated carbocycles. The van der Waals surface area contributed by atoms with Crippen molar-refractivity contribution in [3.63, 3.8) is 0 Å². The topological polar surface area (TPSA) is 64.9 Å². The molecule has 0 spiro atoms. The Morgan fingerprint density at radius 2 is 1.81 bits per heavy atom. The molecular formula is C20H18F3N3O. The van der Waals surface area contributed by atoms with E-state index in [4.69, 9.17) is 5.26 Å². The standard InChI is InChI=1S/C20H18F3N3O/c1-3-13-4-6-14(7-5-13)12(2)26-20(27)15(10-24)11-25-17-9-8-16(21)18(22)19(17)23/h4-9,11-12,25H,3H2,1-2H3,(H,26,27)/b15-11-. The molecule has 2 aromatic carbocycles. The summed E-state index contributed by atoms with van der Waals surface area (Å²) in [4.78, 5) is 12.2. The fourth-order valence-corrected chi connectivity index (χ4v) is 2.34. The molecule has 4 nitrogen and oxygen atoms in total. The van der Waals surface area contributed by atoms with Crippen LogP contribution in [0.5, 0.6) is 0 Å². The number of anilines is 1. The number of nitriles is 1. The maximum absolute atomic E-state index is 13.6. The molecule has 0 aliphatic rings. The molecule has 1 atom stereocenters. The summed E-state index contributed by atoms with van der Waals surface area (Å²) in [5.74, 6) is -5.09. The lowest BCUT2D eigenvalue weighted by Crippen LogP contribution is -2.28. The molecule has 0 aliphatic carbocycles. The average molecular weight is 373 g/mol. The Morgan fingerprint density at radius 3 is 2.41 bits per heavy atom. The summed E-state index contributed by atoms with van der Waals surface area (Å²) in [5.41, 5.74) is 1.29. The molecular weight excluding hydrogens is 355 g/mol. The lowest BCUT2D eigenvalue weighted by molar-refractivity contribution is -0.117. The summed E-state index contributed by atoms with van der Waals surface area (Å²) in [5, 5.41) is 14.1. The molecule has 2 N–H and O–H groups in total. The largest absolute Gasteiger partial charge is 0.358 e. The smallest absolute Gasteiger partial charge is 0.263 e. The van der Waals surface area contributed by atoms with Gasteiger partial charge in [-0.15, -0.1) is 0 Å². The Labute approximate surface area is 155 Å². The van der Waals surface area contributed by atoms with Crippen LogP contribution in [0.15, 0.2) is 48.2 Å². The number of benzene rings is 2. The number of aryl methyl sites for hydroxylation is 1. The monoisotopic (exact) mass is 373 g/mol. The molecule has 1 amide bonds. The van der Waals surface area contributed by atoms with Gasteiger partial charge in [-0.05, 0) is 36.6 Å². The zero-order chi connectivity index (χ0) is 20.0. The van der Waals surface area contributed by atoms with Gasteiger partial charge in [0, 0.05) is 6.20 Å². The number of amides is 1. The molecule has 0 bridgehead atoms. The van der Waals surface area contributed by atoms with Crippen LogP contribution >= 0.6 is 0 Å². The van der Waals surface area contributed by atoms with Crippen molar-refractivity contribution in [3.05, 3.63) is 76.7 Å². The Balaban J connectivity index is 2.09. The van der Waals surface area contributed by atoms with Crippen molar-refractivity contribution in [2.75, 3.05) is 5.32 Å². The second-order valence-electron chi connectivity index (χ2n) is 5.83. The lowest BCUT2D eigenvalue weighted by Gasteiger charge is -2.14. The van der Waals surface area contributed by atoms with Crippen LogP contribution in [0.4, 0.5) is 18.9 Å². The van der Waals surface area contributed by atoms with Gasteiger partial charge in [0.2, 0.25) is 0 Å². The number of halogens is 3. The van der Waals surface area contributed by atoms with Crippen LogP contribution in [0.2, 0.25) is 0 Å². The van der Waals surface area contributed by atoms with Crippen LogP contribution in [0.3, 0.4) is 0 Å². The molecule has 0 fully saturated rings. The average Bonchev–Trinajstić information content (AvgIpc) is 2.68. The van der Waals surface area contributed by atoms with E-state index >= 15 is 0 Å². The third-order valence-electron chi connectivity index (χ3n) is 4.01. The third-order valence-corrected chi connectivity index (χ3v) is 4.01. The highest BCUT2D eigenvalue weighted by Crippen LogP contribution is 2.20. The van der Waals surface area contributed by atoms with Gasteiger partial charge in [-0.1, -0.05) is 31.2 Å². The summed E-state index contributed by atoms with van der Waals surface area (Å²) < 4.78 is 39.8. The first kappa shape index (κ1) is 20.0. The predicted octanol–water partition coefficient (Wildman–Crippen LogP) is 4.36. The molecule has 1 unspecified atom stereocenters. The number of nitrogens with zero attached hydrogens (tertiary/aromatic N) is 1. The van der Waals surface area contributed by atoms with Gasteiger partial charge in [-0.3, -0.25) is 4.79 Å². The van der Waals surface area contributed by atoms with E-state index < -0.39 is 29.0 Å². The highest BCUT2D eigenvalue weighted by molar-refractivity contribution is 5.97. The SMILES string of the molecule is CCc1ccc(C(C)NC(=O)/C(C#N)=C\Nc2ccc(F)c(F)c2F)cc1. The predicted molar refractivity (Wildman–Crippen MR) is 96.0 cm³/mol. The van der Waals surface area contributed by atoms with E-state index in [0.717, 1.165) is 35.9 Å². The van der Waals surface area contributed by atoms with Gasteiger partial charge in [-0.2, -0.15) is 5.26 Å². The molecule has 0 radical (unpaired) electrons. The van der Waals surface area contributed by atoms with Crippen LogP contribution in [-0.4, -0.2) is 5.91 Å². The minimum atomic E-state index is -1.64. The van der Waals surface area contributed by atoms with Gasteiger partial charge in [-0.25, -0.2) is 13.2 Å². The van der Waals surface area contributed by atoms with Gasteiger partial charge >= 0.3 is 0 Å². The van der Waals surface area contributed by atoms with Crippen LogP contribution in [0.25, 0.3) is 0 Å². The maximum atomic E-state index is 13.6. The van der Waals surface area contributed by atoms with E-state index in [1.165, 1.54) is 0 Å². The number of carbonyl (C=O) groups is 1. The van der Waals surface area contributed by atoms with E-state index in [9.17, 15) is 18.0 Å². The van der Waals surface area contributed by atoms with Crippen molar-refractivity contribution in [1.82, 2.24) is 5.32 Å². The number of hydrogen-bond acceptors (Lipinski definition) is 3. The second-order valence-corrected chi connectivity index (χ2v) is 5.83. The zero-order valence-corrected chi connectivity index (χ0v) is 14.8. The zero-order valence-electron chi connectivity index (χ0n) is 14.8. The molecule has 2 rings (SSSR count). The van der Waals surface area contributed by atoms with E-state index in [0.29, 0.717) is 0 Å². The van der Waals surface area contributed by atoms with E-state index in [1.807, 2.05) is 31.2 Å². The Morgan fingerprint density at radius 1 is 1.15 bits per heavy atom. The molecule has 0 heterocycles. The summed E-state index contributed by atoms with van der Waals surface area (Å²) in [6, 6.07) is 10.7. The van der Waals surface area contributed by atoms with Crippen molar-refractivity contribution >= 4 is 11.6 Å². The molecule has 7 heteroatoms. The fraction of sp³-hybridized carbons (Fsp3) is 0.200. The van der Waals surface area contributed by atoms with E-state index in [2.05, 4.69) is 10.6 Å². The Hall–Kier alpha value is -3.27. The van der Waals surface area contributed by atoms with Gasteiger partial charge in [0.1, 0.15) is 11.6 Å². The van der Waals surface area contributed by atoms with Crippen molar-refractivity contribution in [2.45, 2.75) is 26.3 Å². The summed E-state index contributed by atoms with van der Waals surface area (Å²) in [6.07, 6.45) is 1.84. The molecule has 0 aliphatic heterocycles. The summed E-state index contributed by atoms with van der Waals surface area (Å²) in [6.45, 7) is 3.79. The highest BCUT2D eigenvalue weighted by Gasteiger charge is 2.16. The van der Waals surface area contributed by atoms with Crippen molar-refractivity contribution in [1.29, 1.82) is 5.26 Å². The van der Waals surface area contributed by atoms with E-state index in [1.54, 1.807) is 13.0 Å². The quantitative estimate of drug-likeness (QED) is 0.449. The van der Waals surface area contributed by atoms with Crippen molar-refractivity contribution in [3.8, 4) is 6.07 Å². The van der Waals surface area contributed by atoms with Crippen LogP contribution < -0.4 is 10.6 Å². The molecule has 140 valence electrons. The molecule has 2 aromatic rings. The lowest BCUT2D eigenvalue weighted by atomic mass is 10.0. The first-order valence-corrected chi connectivity index (χ1v) is 8.27. The molecule has 0 aromatic heterocycles. The highest BCUT2D eigenvalue weighted by atomic mass is 19.2. The Bertz CT molecular complexity index is 902. The van der Waals surface area contributed by atoms with Crippen LogP contribution in [0, 0.1) is 28.8 Å². The normalized spacial score (nSPS) is 12.2. The fourth-order valence-electron chi connectivity index (χ4n) is 2.34. The first-order chi connectivity index (χ1) is 12.9. The maximum Gasteiger partial charge on any atom is 0.263 e. The van der Waals surface area contributed by atoms with Crippen molar-refractivity contribution in [2.24, 2.45) is 0 Å². The van der Waals surface area contributed by atoms with Gasteiger partial charge in [0.15, 0.2) is 17.5 Å². The summed E-state index contributed by atoms with van der Waals surface area (Å²) >= 11 is 0. The number of nitrogens with one attached hydrogen (secondary N) is 2. The number of hydrogen-bond donors (Lipinski definition) is 2. The van der Waals surface area contributed by atoms with Gasteiger partial charge in [0.25, 0.3) is 5.91 Å². The van der Waals surface area contributed by atoms with Crippen LogP contribution in [-0.2, 0) is 11.2 Å². The van der Waals surface area contributed by atoms with Gasteiger partial charge < -0.3 is 10.6 Å². The van der Waals surface area contributed by atoms with E-state index in [-0.39, 0.29) is 11.6 Å². The van der Waals surface area contributed by atoms with Gasteiger partial charge in [0.05, 0.1) is 11.7 Å². The third kappa shape index (κ3) is 4.88. The minimum Gasteiger partial charge on any atom is -0.358 e. The van der Waals surface area contributed by atoms with Crippen LogP contribution in [0.1, 0.15) is 31.0 Å². The molecule has 0 saturated heterocycles.